The standard InChI is InChI=1S/C27H28N4O4/c1-27(2)15-30(3)20-12-11-17(13-19(20)27)31-23(26(33)35-5)22(25(32)34-4)21(18(14-28)24(31)29)16-9-7-6-8-10-16/h6-13,21H,15,29H2,1-5H3. The summed E-state index contributed by atoms with van der Waals surface area (Å²) in [6.45, 7) is 5.10. The number of nitriles is 1. The molecule has 0 bridgehead atoms. The minimum absolute atomic E-state index is 0.00632. The molecule has 0 spiro atoms. The molecule has 2 aromatic carbocycles. The number of methoxy groups -OCH3 is 2. The summed E-state index contributed by atoms with van der Waals surface area (Å²) >= 11 is 0. The van der Waals surface area contributed by atoms with Gasteiger partial charge in [-0.2, -0.15) is 5.26 Å². The summed E-state index contributed by atoms with van der Waals surface area (Å²) in [4.78, 5) is 30.0. The number of allylic oxidation sites excluding steroid dienone is 1. The molecule has 2 aliphatic rings. The Morgan fingerprint density at radius 1 is 1.09 bits per heavy atom. The second-order valence-electron chi connectivity index (χ2n) is 9.28. The second-order valence-corrected chi connectivity index (χ2v) is 9.28. The first kappa shape index (κ1) is 23.9. The number of likely N-dealkylation sites (N-methyl/N-ethyl adjacent to an activating group) is 1. The fourth-order valence-electron chi connectivity index (χ4n) is 5.08. The molecule has 2 aromatic rings. The molecule has 1 unspecified atom stereocenters. The minimum Gasteiger partial charge on any atom is -0.466 e. The van der Waals surface area contributed by atoms with Crippen molar-refractivity contribution in [3.05, 3.63) is 82.3 Å². The molecule has 4 rings (SSSR count). The molecule has 0 amide bonds. The molecule has 8 nitrogen and oxygen atoms in total. The van der Waals surface area contributed by atoms with Crippen LogP contribution in [-0.4, -0.2) is 39.8 Å². The van der Waals surface area contributed by atoms with Gasteiger partial charge in [-0.1, -0.05) is 44.2 Å². The molecule has 180 valence electrons. The van der Waals surface area contributed by atoms with Crippen molar-refractivity contribution in [3.8, 4) is 6.07 Å². The van der Waals surface area contributed by atoms with E-state index in [4.69, 9.17) is 15.2 Å². The highest BCUT2D eigenvalue weighted by atomic mass is 16.5. The molecule has 0 aromatic heterocycles. The van der Waals surface area contributed by atoms with Gasteiger partial charge in [0.1, 0.15) is 11.5 Å². The van der Waals surface area contributed by atoms with E-state index in [1.807, 2.05) is 31.3 Å². The van der Waals surface area contributed by atoms with Crippen LogP contribution in [0.2, 0.25) is 0 Å². The fraction of sp³-hybridized carbons (Fsp3) is 0.296. The Morgan fingerprint density at radius 3 is 2.34 bits per heavy atom. The number of hydrogen-bond acceptors (Lipinski definition) is 8. The van der Waals surface area contributed by atoms with E-state index in [-0.39, 0.29) is 28.1 Å². The Kier molecular flexibility index (Phi) is 6.03. The quantitative estimate of drug-likeness (QED) is 0.675. The Labute approximate surface area is 204 Å². The maximum Gasteiger partial charge on any atom is 0.355 e. The third-order valence-electron chi connectivity index (χ3n) is 6.62. The van der Waals surface area contributed by atoms with Crippen LogP contribution in [0.3, 0.4) is 0 Å². The lowest BCUT2D eigenvalue weighted by molar-refractivity contribution is -0.139. The lowest BCUT2D eigenvalue weighted by atomic mass is 9.80. The number of hydrogen-bond donors (Lipinski definition) is 1. The van der Waals surface area contributed by atoms with Crippen LogP contribution < -0.4 is 15.5 Å². The van der Waals surface area contributed by atoms with Gasteiger partial charge in [0.25, 0.3) is 0 Å². The summed E-state index contributed by atoms with van der Waals surface area (Å²) in [5.74, 6) is -2.34. The van der Waals surface area contributed by atoms with Crippen molar-refractivity contribution in [2.45, 2.75) is 25.2 Å². The van der Waals surface area contributed by atoms with Crippen LogP contribution in [0.1, 0.15) is 30.9 Å². The van der Waals surface area contributed by atoms with Gasteiger partial charge in [-0.3, -0.25) is 4.90 Å². The van der Waals surface area contributed by atoms with Gasteiger partial charge in [0.15, 0.2) is 0 Å². The molecule has 0 fully saturated rings. The van der Waals surface area contributed by atoms with E-state index < -0.39 is 17.9 Å². The van der Waals surface area contributed by atoms with E-state index in [2.05, 4.69) is 24.8 Å². The SMILES string of the molecule is COC(=O)C1=C(C(=O)OC)N(c2ccc3c(c2)C(C)(C)CN3C)C(N)=C(C#N)C1c1ccccc1. The van der Waals surface area contributed by atoms with Crippen LogP contribution in [0.15, 0.2) is 71.2 Å². The monoisotopic (exact) mass is 472 g/mol. The van der Waals surface area contributed by atoms with Crippen molar-refractivity contribution in [1.82, 2.24) is 0 Å². The molecule has 35 heavy (non-hydrogen) atoms. The second kappa shape index (κ2) is 8.84. The van der Waals surface area contributed by atoms with Gasteiger partial charge in [0.2, 0.25) is 0 Å². The summed E-state index contributed by atoms with van der Waals surface area (Å²) in [5.41, 5.74) is 9.82. The van der Waals surface area contributed by atoms with E-state index in [1.54, 1.807) is 24.3 Å². The van der Waals surface area contributed by atoms with Crippen molar-refractivity contribution in [3.63, 3.8) is 0 Å². The zero-order chi connectivity index (χ0) is 25.5. The van der Waals surface area contributed by atoms with Gasteiger partial charge in [-0.05, 0) is 29.3 Å². The van der Waals surface area contributed by atoms with Crippen molar-refractivity contribution >= 4 is 23.3 Å². The lowest BCUT2D eigenvalue weighted by Crippen LogP contribution is -2.40. The summed E-state index contributed by atoms with van der Waals surface area (Å²) in [5, 5.41) is 10.2. The third-order valence-corrected chi connectivity index (χ3v) is 6.62. The molecule has 0 saturated heterocycles. The zero-order valence-corrected chi connectivity index (χ0v) is 20.5. The largest absolute Gasteiger partial charge is 0.466 e. The highest BCUT2D eigenvalue weighted by molar-refractivity contribution is 6.06. The van der Waals surface area contributed by atoms with Gasteiger partial charge in [0.05, 0.1) is 37.4 Å². The third kappa shape index (κ3) is 3.79. The normalized spacial score (nSPS) is 18.8. The maximum atomic E-state index is 13.2. The van der Waals surface area contributed by atoms with Gasteiger partial charge in [-0.25, -0.2) is 9.59 Å². The van der Waals surface area contributed by atoms with Crippen molar-refractivity contribution < 1.29 is 19.1 Å². The molecule has 0 radical (unpaired) electrons. The van der Waals surface area contributed by atoms with Crippen LogP contribution in [-0.2, 0) is 24.5 Å². The zero-order valence-electron chi connectivity index (χ0n) is 20.5. The molecular formula is C27H28N4O4. The summed E-state index contributed by atoms with van der Waals surface area (Å²) < 4.78 is 10.2. The topological polar surface area (TPSA) is 109 Å². The van der Waals surface area contributed by atoms with Crippen molar-refractivity contribution in [2.24, 2.45) is 5.73 Å². The van der Waals surface area contributed by atoms with Crippen LogP contribution in [0, 0.1) is 11.3 Å². The van der Waals surface area contributed by atoms with Crippen molar-refractivity contribution in [2.75, 3.05) is 37.6 Å². The fourth-order valence-corrected chi connectivity index (χ4v) is 5.08. The smallest absolute Gasteiger partial charge is 0.355 e. The summed E-state index contributed by atoms with van der Waals surface area (Å²) in [6, 6.07) is 16.8. The number of nitrogens with zero attached hydrogens (tertiary/aromatic N) is 3. The van der Waals surface area contributed by atoms with E-state index >= 15 is 0 Å². The molecule has 1 atom stereocenters. The van der Waals surface area contributed by atoms with E-state index in [0.29, 0.717) is 11.3 Å². The molecule has 2 N–H and O–H groups in total. The Balaban J connectivity index is 2.04. The highest BCUT2D eigenvalue weighted by Crippen LogP contribution is 2.46. The number of anilines is 2. The predicted octanol–water partition coefficient (Wildman–Crippen LogP) is 3.31. The summed E-state index contributed by atoms with van der Waals surface area (Å²) in [7, 11) is 4.49. The summed E-state index contributed by atoms with van der Waals surface area (Å²) in [6.07, 6.45) is 0. The number of rotatable bonds is 4. The Morgan fingerprint density at radius 2 is 1.74 bits per heavy atom. The maximum absolute atomic E-state index is 13.2. The van der Waals surface area contributed by atoms with Gasteiger partial charge >= 0.3 is 11.9 Å². The highest BCUT2D eigenvalue weighted by Gasteiger charge is 2.43. The Bertz CT molecular complexity index is 1300. The van der Waals surface area contributed by atoms with Gasteiger partial charge in [-0.15, -0.1) is 0 Å². The molecule has 8 heteroatoms. The molecular weight excluding hydrogens is 444 g/mol. The average Bonchev–Trinajstić information content (AvgIpc) is 3.09. The predicted molar refractivity (Wildman–Crippen MR) is 132 cm³/mol. The van der Waals surface area contributed by atoms with Crippen LogP contribution >= 0.6 is 0 Å². The van der Waals surface area contributed by atoms with Gasteiger partial charge < -0.3 is 20.1 Å². The molecule has 2 heterocycles. The van der Waals surface area contributed by atoms with E-state index in [0.717, 1.165) is 17.8 Å². The van der Waals surface area contributed by atoms with E-state index in [9.17, 15) is 14.9 Å². The lowest BCUT2D eigenvalue weighted by Gasteiger charge is -2.36. The van der Waals surface area contributed by atoms with Crippen molar-refractivity contribution in [1.29, 1.82) is 5.26 Å². The minimum atomic E-state index is -0.893. The first-order chi connectivity index (χ1) is 16.7. The van der Waals surface area contributed by atoms with Crippen LogP contribution in [0.25, 0.3) is 0 Å². The number of esters is 2. The molecule has 0 aliphatic carbocycles. The van der Waals surface area contributed by atoms with Gasteiger partial charge in [0, 0.05) is 30.4 Å². The molecule has 0 saturated carbocycles. The number of nitrogens with two attached hydrogens (primary N) is 1. The van der Waals surface area contributed by atoms with Crippen LogP contribution in [0.4, 0.5) is 11.4 Å². The number of ether oxygens (including phenoxy) is 2. The number of fused-ring (bicyclic) bond motifs is 1. The molecule has 2 aliphatic heterocycles. The first-order valence-corrected chi connectivity index (χ1v) is 11.2. The number of carbonyl (C=O) groups excluding carboxylic acids is 2. The first-order valence-electron chi connectivity index (χ1n) is 11.2. The average molecular weight is 473 g/mol. The number of carbonyl (C=O) groups is 2. The Hall–Kier alpha value is -4.25. The van der Waals surface area contributed by atoms with Crippen LogP contribution in [0.5, 0.6) is 0 Å². The number of benzene rings is 2. The van der Waals surface area contributed by atoms with E-state index in [1.165, 1.54) is 19.1 Å².